The van der Waals surface area contributed by atoms with Gasteiger partial charge in [-0.3, -0.25) is 0 Å². The van der Waals surface area contributed by atoms with E-state index in [1.807, 2.05) is 30.4 Å². The molecule has 0 fully saturated rings. The minimum atomic E-state index is -3.12. The maximum absolute atomic E-state index is 11.4. The van der Waals surface area contributed by atoms with Gasteiger partial charge in [-0.2, -0.15) is 0 Å². The molecule has 2 rings (SSSR count). The van der Waals surface area contributed by atoms with Crippen LogP contribution in [-0.2, 0) is 16.3 Å². The van der Waals surface area contributed by atoms with Crippen molar-refractivity contribution < 1.29 is 8.42 Å². The van der Waals surface area contributed by atoms with E-state index in [1.54, 1.807) is 12.1 Å². The number of aryl methyl sites for hydroxylation is 1. The molecular weight excluding hydrogens is 268 g/mol. The van der Waals surface area contributed by atoms with Crippen molar-refractivity contribution >= 4 is 22.0 Å². The highest BCUT2D eigenvalue weighted by Crippen LogP contribution is 2.14. The fourth-order valence-corrected chi connectivity index (χ4v) is 2.57. The quantitative estimate of drug-likeness (QED) is 0.801. The highest BCUT2D eigenvalue weighted by atomic mass is 32.2. The number of hydrogen-bond acceptors (Lipinski definition) is 2. The van der Waals surface area contributed by atoms with Crippen LogP contribution in [-0.4, -0.2) is 14.7 Å². The average Bonchev–Trinajstić information content (AvgIpc) is 2.45. The molecular formula is C17H18O2S. The molecule has 0 aromatic heterocycles. The lowest BCUT2D eigenvalue weighted by Crippen LogP contribution is -1.95. The van der Waals surface area contributed by atoms with Crippen molar-refractivity contribution in [1.29, 1.82) is 0 Å². The molecule has 3 heteroatoms. The largest absolute Gasteiger partial charge is 0.224 e. The van der Waals surface area contributed by atoms with Crippen LogP contribution in [0.1, 0.15) is 23.6 Å². The summed E-state index contributed by atoms with van der Waals surface area (Å²) in [4.78, 5) is 0.350. The lowest BCUT2D eigenvalue weighted by molar-refractivity contribution is 0.602. The second kappa shape index (κ2) is 6.06. The first-order valence-electron chi connectivity index (χ1n) is 6.56. The van der Waals surface area contributed by atoms with Gasteiger partial charge < -0.3 is 0 Å². The lowest BCUT2D eigenvalue weighted by Gasteiger charge is -2.00. The molecule has 0 saturated heterocycles. The Bertz CT molecular complexity index is 711. The number of benzene rings is 2. The first-order valence-corrected chi connectivity index (χ1v) is 8.45. The minimum absolute atomic E-state index is 0.350. The summed E-state index contributed by atoms with van der Waals surface area (Å²) in [5.41, 5.74) is 3.44. The molecule has 2 aromatic rings. The van der Waals surface area contributed by atoms with Gasteiger partial charge in [0.2, 0.25) is 0 Å². The molecule has 0 aliphatic carbocycles. The van der Waals surface area contributed by atoms with Crippen LogP contribution in [0.25, 0.3) is 12.2 Å². The summed E-state index contributed by atoms with van der Waals surface area (Å²) in [6, 6.07) is 15.3. The van der Waals surface area contributed by atoms with Gasteiger partial charge in [0.15, 0.2) is 9.84 Å². The van der Waals surface area contributed by atoms with Gasteiger partial charge >= 0.3 is 0 Å². The lowest BCUT2D eigenvalue weighted by atomic mass is 10.1. The van der Waals surface area contributed by atoms with Crippen LogP contribution in [0.15, 0.2) is 53.4 Å². The Labute approximate surface area is 120 Å². The topological polar surface area (TPSA) is 34.1 Å². The molecule has 0 bridgehead atoms. The summed E-state index contributed by atoms with van der Waals surface area (Å²) >= 11 is 0. The molecule has 0 atom stereocenters. The monoisotopic (exact) mass is 286 g/mol. The Hall–Kier alpha value is -1.87. The van der Waals surface area contributed by atoms with Crippen LogP contribution < -0.4 is 0 Å². The predicted octanol–water partition coefficient (Wildman–Crippen LogP) is 3.82. The minimum Gasteiger partial charge on any atom is -0.224 e. The molecule has 2 aromatic carbocycles. The molecule has 104 valence electrons. The highest BCUT2D eigenvalue weighted by molar-refractivity contribution is 7.90. The molecule has 20 heavy (non-hydrogen) atoms. The SMILES string of the molecule is CCc1cccc(/C=C/c2ccc(S(C)(=O)=O)cc2)c1. The van der Waals surface area contributed by atoms with Crippen LogP contribution >= 0.6 is 0 Å². The zero-order valence-electron chi connectivity index (χ0n) is 11.7. The second-order valence-electron chi connectivity index (χ2n) is 4.77. The fourth-order valence-electron chi connectivity index (χ4n) is 1.94. The fraction of sp³-hybridized carbons (Fsp3) is 0.176. The third-order valence-electron chi connectivity index (χ3n) is 3.14. The van der Waals surface area contributed by atoms with Crippen molar-refractivity contribution in [1.82, 2.24) is 0 Å². The Morgan fingerprint density at radius 3 is 2.20 bits per heavy atom. The molecule has 0 aliphatic rings. The van der Waals surface area contributed by atoms with E-state index in [0.717, 1.165) is 17.5 Å². The van der Waals surface area contributed by atoms with Gasteiger partial charge in [0.1, 0.15) is 0 Å². The van der Waals surface area contributed by atoms with E-state index in [0.29, 0.717) is 4.90 Å². The summed E-state index contributed by atoms with van der Waals surface area (Å²) in [7, 11) is -3.12. The maximum Gasteiger partial charge on any atom is 0.175 e. The highest BCUT2D eigenvalue weighted by Gasteiger charge is 2.04. The van der Waals surface area contributed by atoms with E-state index in [4.69, 9.17) is 0 Å². The number of sulfone groups is 1. The molecule has 0 N–H and O–H groups in total. The molecule has 0 heterocycles. The van der Waals surface area contributed by atoms with E-state index < -0.39 is 9.84 Å². The van der Waals surface area contributed by atoms with E-state index in [-0.39, 0.29) is 0 Å². The van der Waals surface area contributed by atoms with E-state index >= 15 is 0 Å². The molecule has 0 amide bonds. The van der Waals surface area contributed by atoms with Gasteiger partial charge in [-0.05, 0) is 35.2 Å². The van der Waals surface area contributed by atoms with E-state index in [9.17, 15) is 8.42 Å². The zero-order chi connectivity index (χ0) is 14.6. The molecule has 0 aliphatic heterocycles. The van der Waals surface area contributed by atoms with Gasteiger partial charge in [-0.25, -0.2) is 8.42 Å². The summed E-state index contributed by atoms with van der Waals surface area (Å²) in [5, 5.41) is 0. The van der Waals surface area contributed by atoms with E-state index in [2.05, 4.69) is 25.1 Å². The number of hydrogen-bond donors (Lipinski definition) is 0. The standard InChI is InChI=1S/C17H18O2S/c1-3-14-5-4-6-16(13-14)8-7-15-9-11-17(12-10-15)20(2,18)19/h4-13H,3H2,1-2H3/b8-7+. The van der Waals surface area contributed by atoms with Gasteiger partial charge in [-0.1, -0.05) is 55.5 Å². The second-order valence-corrected chi connectivity index (χ2v) is 6.79. The zero-order valence-corrected chi connectivity index (χ0v) is 12.5. The van der Waals surface area contributed by atoms with Crippen molar-refractivity contribution in [3.8, 4) is 0 Å². The van der Waals surface area contributed by atoms with E-state index in [1.165, 1.54) is 11.8 Å². The van der Waals surface area contributed by atoms with Crippen molar-refractivity contribution in [2.75, 3.05) is 6.26 Å². The third-order valence-corrected chi connectivity index (χ3v) is 4.26. The summed E-state index contributed by atoms with van der Waals surface area (Å²) < 4.78 is 22.8. The summed E-state index contributed by atoms with van der Waals surface area (Å²) in [6.07, 6.45) is 6.26. The molecule has 0 radical (unpaired) electrons. The van der Waals surface area contributed by atoms with Crippen LogP contribution in [0.4, 0.5) is 0 Å². The van der Waals surface area contributed by atoms with Crippen LogP contribution in [0.3, 0.4) is 0 Å². The average molecular weight is 286 g/mol. The molecule has 0 saturated carbocycles. The van der Waals surface area contributed by atoms with Crippen LogP contribution in [0.5, 0.6) is 0 Å². The van der Waals surface area contributed by atoms with Crippen molar-refractivity contribution in [2.24, 2.45) is 0 Å². The predicted molar refractivity (Wildman–Crippen MR) is 84.3 cm³/mol. The third kappa shape index (κ3) is 3.81. The van der Waals surface area contributed by atoms with Crippen LogP contribution in [0, 0.1) is 0 Å². The Morgan fingerprint density at radius 1 is 0.950 bits per heavy atom. The normalized spacial score (nSPS) is 11.9. The van der Waals surface area contributed by atoms with Gasteiger partial charge in [0.05, 0.1) is 4.90 Å². The summed E-state index contributed by atoms with van der Waals surface area (Å²) in [5.74, 6) is 0. The van der Waals surface area contributed by atoms with Crippen molar-refractivity contribution in [2.45, 2.75) is 18.2 Å². The Kier molecular flexibility index (Phi) is 4.40. The van der Waals surface area contributed by atoms with Gasteiger partial charge in [0.25, 0.3) is 0 Å². The van der Waals surface area contributed by atoms with Crippen LogP contribution in [0.2, 0.25) is 0 Å². The molecule has 0 unspecified atom stereocenters. The Balaban J connectivity index is 2.19. The Morgan fingerprint density at radius 2 is 1.60 bits per heavy atom. The number of rotatable bonds is 4. The molecule has 2 nitrogen and oxygen atoms in total. The summed E-state index contributed by atoms with van der Waals surface area (Å²) in [6.45, 7) is 2.13. The first kappa shape index (κ1) is 14.5. The smallest absolute Gasteiger partial charge is 0.175 e. The van der Waals surface area contributed by atoms with Crippen molar-refractivity contribution in [3.63, 3.8) is 0 Å². The molecule has 0 spiro atoms. The van der Waals surface area contributed by atoms with Gasteiger partial charge in [0, 0.05) is 6.26 Å². The maximum atomic E-state index is 11.4. The first-order chi connectivity index (χ1) is 9.49. The van der Waals surface area contributed by atoms with Crippen molar-refractivity contribution in [3.05, 3.63) is 65.2 Å². The van der Waals surface area contributed by atoms with Gasteiger partial charge in [-0.15, -0.1) is 0 Å².